The molecular formula is C17H22N2O4. The molecule has 0 aromatic heterocycles. The molecule has 1 atom stereocenters. The average Bonchev–Trinajstić information content (AvgIpc) is 2.83. The number of ether oxygens (including phenoxy) is 1. The van der Waals surface area contributed by atoms with E-state index in [-0.39, 0.29) is 11.5 Å². The number of benzene rings is 1. The van der Waals surface area contributed by atoms with Crippen molar-refractivity contribution in [1.82, 2.24) is 4.90 Å². The Bertz CT molecular complexity index is 575. The third-order valence-corrected chi connectivity index (χ3v) is 3.95. The van der Waals surface area contributed by atoms with Gasteiger partial charge >= 0.3 is 5.97 Å². The lowest BCUT2D eigenvalue weighted by Gasteiger charge is -2.24. The van der Waals surface area contributed by atoms with Crippen molar-refractivity contribution in [2.45, 2.75) is 38.7 Å². The maximum atomic E-state index is 12.3. The summed E-state index contributed by atoms with van der Waals surface area (Å²) in [5.41, 5.74) is 5.75. The molecule has 6 heteroatoms. The van der Waals surface area contributed by atoms with Crippen LogP contribution in [0.15, 0.2) is 24.3 Å². The van der Waals surface area contributed by atoms with Crippen molar-refractivity contribution in [3.05, 3.63) is 35.4 Å². The summed E-state index contributed by atoms with van der Waals surface area (Å²) in [5.74, 6) is -1.31. The predicted molar refractivity (Wildman–Crippen MR) is 84.9 cm³/mol. The molecule has 1 aliphatic heterocycles. The van der Waals surface area contributed by atoms with Gasteiger partial charge in [0.1, 0.15) is 0 Å². The summed E-state index contributed by atoms with van der Waals surface area (Å²) in [7, 11) is 0. The lowest BCUT2D eigenvalue weighted by Crippen LogP contribution is -2.40. The van der Waals surface area contributed by atoms with Crippen molar-refractivity contribution < 1.29 is 19.1 Å². The first kappa shape index (κ1) is 17.0. The Hall–Kier alpha value is -2.37. The van der Waals surface area contributed by atoms with Crippen molar-refractivity contribution in [2.24, 2.45) is 5.73 Å². The molecule has 6 nitrogen and oxygen atoms in total. The fourth-order valence-electron chi connectivity index (χ4n) is 2.60. The third kappa shape index (κ3) is 4.55. The molecule has 1 aromatic carbocycles. The summed E-state index contributed by atoms with van der Waals surface area (Å²) < 4.78 is 5.25. The minimum atomic E-state index is -0.823. The summed E-state index contributed by atoms with van der Waals surface area (Å²) in [6.45, 7) is 3.02. The van der Waals surface area contributed by atoms with Crippen LogP contribution in [0.4, 0.5) is 0 Å². The van der Waals surface area contributed by atoms with E-state index in [0.717, 1.165) is 25.7 Å². The average molecular weight is 318 g/mol. The highest BCUT2D eigenvalue weighted by atomic mass is 16.5. The highest BCUT2D eigenvalue weighted by molar-refractivity contribution is 5.96. The van der Waals surface area contributed by atoms with E-state index in [0.29, 0.717) is 18.7 Å². The molecule has 0 saturated carbocycles. The second-order valence-electron chi connectivity index (χ2n) is 5.73. The number of hydrogen-bond acceptors (Lipinski definition) is 4. The van der Waals surface area contributed by atoms with Crippen LogP contribution in [0.2, 0.25) is 0 Å². The van der Waals surface area contributed by atoms with Crippen LogP contribution in [0.25, 0.3) is 0 Å². The van der Waals surface area contributed by atoms with Crippen LogP contribution in [0.5, 0.6) is 0 Å². The van der Waals surface area contributed by atoms with Gasteiger partial charge in [-0.3, -0.25) is 9.59 Å². The molecule has 2 N–H and O–H groups in total. The van der Waals surface area contributed by atoms with Gasteiger partial charge < -0.3 is 15.4 Å². The second kappa shape index (κ2) is 7.76. The van der Waals surface area contributed by atoms with Crippen molar-refractivity contribution >= 4 is 17.8 Å². The Morgan fingerprint density at radius 1 is 1.00 bits per heavy atom. The quantitative estimate of drug-likeness (QED) is 0.856. The molecule has 0 spiro atoms. The van der Waals surface area contributed by atoms with E-state index in [2.05, 4.69) is 0 Å². The van der Waals surface area contributed by atoms with E-state index in [1.807, 2.05) is 0 Å². The molecular weight excluding hydrogens is 296 g/mol. The molecule has 124 valence electrons. The maximum Gasteiger partial charge on any atom is 0.338 e. The summed E-state index contributed by atoms with van der Waals surface area (Å²) in [6, 6.07) is 5.84. The standard InChI is InChI=1S/C17H22N2O4/c1-12(16(21)19-10-4-2-3-5-11-19)23-17(22)14-8-6-13(7-9-14)15(18)20/h6-9,12H,2-5,10-11H2,1H3,(H2,18,20). The maximum absolute atomic E-state index is 12.3. The smallest absolute Gasteiger partial charge is 0.338 e. The van der Waals surface area contributed by atoms with Gasteiger partial charge in [-0.05, 0) is 44.0 Å². The summed E-state index contributed by atoms with van der Waals surface area (Å²) in [5, 5.41) is 0. The van der Waals surface area contributed by atoms with Crippen LogP contribution in [-0.2, 0) is 9.53 Å². The molecule has 1 fully saturated rings. The molecule has 1 saturated heterocycles. The van der Waals surface area contributed by atoms with Crippen molar-refractivity contribution in [1.29, 1.82) is 0 Å². The second-order valence-corrected chi connectivity index (χ2v) is 5.73. The number of esters is 1. The summed E-state index contributed by atoms with van der Waals surface area (Å²) in [6.07, 6.45) is 3.41. The molecule has 2 amide bonds. The number of carbonyl (C=O) groups excluding carboxylic acids is 3. The molecule has 2 rings (SSSR count). The largest absolute Gasteiger partial charge is 0.449 e. The lowest BCUT2D eigenvalue weighted by molar-refractivity contribution is -0.139. The van der Waals surface area contributed by atoms with Crippen LogP contribution in [-0.4, -0.2) is 41.9 Å². The Balaban J connectivity index is 1.95. The van der Waals surface area contributed by atoms with Gasteiger partial charge in [-0.1, -0.05) is 12.8 Å². The Kier molecular flexibility index (Phi) is 5.73. The zero-order chi connectivity index (χ0) is 16.8. The van der Waals surface area contributed by atoms with Crippen molar-refractivity contribution in [3.8, 4) is 0 Å². The zero-order valence-electron chi connectivity index (χ0n) is 13.3. The Morgan fingerprint density at radius 3 is 2.04 bits per heavy atom. The first-order valence-electron chi connectivity index (χ1n) is 7.88. The molecule has 1 aliphatic rings. The van der Waals surface area contributed by atoms with Gasteiger partial charge in [0.15, 0.2) is 6.10 Å². The minimum absolute atomic E-state index is 0.158. The van der Waals surface area contributed by atoms with Gasteiger partial charge in [-0.25, -0.2) is 4.79 Å². The van der Waals surface area contributed by atoms with Crippen LogP contribution in [0.3, 0.4) is 0 Å². The molecule has 0 aliphatic carbocycles. The number of nitrogens with zero attached hydrogens (tertiary/aromatic N) is 1. The normalized spacial score (nSPS) is 16.3. The van der Waals surface area contributed by atoms with Gasteiger partial charge in [0.25, 0.3) is 5.91 Å². The minimum Gasteiger partial charge on any atom is -0.449 e. The number of rotatable bonds is 4. The number of hydrogen-bond donors (Lipinski definition) is 1. The van der Waals surface area contributed by atoms with E-state index >= 15 is 0 Å². The molecule has 23 heavy (non-hydrogen) atoms. The Labute approximate surface area is 135 Å². The number of primary amides is 1. The first-order chi connectivity index (χ1) is 11.0. The summed E-state index contributed by atoms with van der Waals surface area (Å²) in [4.78, 5) is 37.2. The van der Waals surface area contributed by atoms with Gasteiger partial charge in [0, 0.05) is 18.7 Å². The molecule has 0 bridgehead atoms. The fourth-order valence-corrected chi connectivity index (χ4v) is 2.60. The zero-order valence-corrected chi connectivity index (χ0v) is 13.3. The van der Waals surface area contributed by atoms with Crippen LogP contribution in [0, 0.1) is 0 Å². The predicted octanol–water partition coefficient (Wildman–Crippen LogP) is 1.73. The Morgan fingerprint density at radius 2 is 1.52 bits per heavy atom. The fraction of sp³-hybridized carbons (Fsp3) is 0.471. The topological polar surface area (TPSA) is 89.7 Å². The van der Waals surface area contributed by atoms with E-state index < -0.39 is 18.0 Å². The van der Waals surface area contributed by atoms with E-state index in [1.165, 1.54) is 24.3 Å². The third-order valence-electron chi connectivity index (χ3n) is 3.95. The van der Waals surface area contributed by atoms with E-state index in [9.17, 15) is 14.4 Å². The van der Waals surface area contributed by atoms with Crippen LogP contribution < -0.4 is 5.73 Å². The number of nitrogens with two attached hydrogens (primary N) is 1. The lowest BCUT2D eigenvalue weighted by atomic mass is 10.1. The van der Waals surface area contributed by atoms with E-state index in [4.69, 9.17) is 10.5 Å². The van der Waals surface area contributed by atoms with Crippen LogP contribution >= 0.6 is 0 Å². The van der Waals surface area contributed by atoms with Gasteiger partial charge in [-0.15, -0.1) is 0 Å². The molecule has 0 radical (unpaired) electrons. The van der Waals surface area contributed by atoms with E-state index in [1.54, 1.807) is 11.8 Å². The number of carbonyl (C=O) groups is 3. The number of amides is 2. The van der Waals surface area contributed by atoms with Gasteiger partial charge in [-0.2, -0.15) is 0 Å². The van der Waals surface area contributed by atoms with Crippen LogP contribution in [0.1, 0.15) is 53.3 Å². The highest BCUT2D eigenvalue weighted by Gasteiger charge is 2.24. The highest BCUT2D eigenvalue weighted by Crippen LogP contribution is 2.13. The summed E-state index contributed by atoms with van der Waals surface area (Å²) >= 11 is 0. The molecule has 1 unspecified atom stereocenters. The molecule has 1 aromatic rings. The van der Waals surface area contributed by atoms with Gasteiger partial charge in [0.05, 0.1) is 5.56 Å². The van der Waals surface area contributed by atoms with Crippen molar-refractivity contribution in [3.63, 3.8) is 0 Å². The first-order valence-corrected chi connectivity index (χ1v) is 7.88. The molecule has 1 heterocycles. The monoisotopic (exact) mass is 318 g/mol. The SMILES string of the molecule is CC(OC(=O)c1ccc(C(N)=O)cc1)C(=O)N1CCCCCC1. The van der Waals surface area contributed by atoms with Crippen molar-refractivity contribution in [2.75, 3.05) is 13.1 Å². The van der Waals surface area contributed by atoms with Gasteiger partial charge in [0.2, 0.25) is 5.91 Å². The number of likely N-dealkylation sites (tertiary alicyclic amines) is 1.